The fourth-order valence-corrected chi connectivity index (χ4v) is 4.09. The summed E-state index contributed by atoms with van der Waals surface area (Å²) in [5, 5.41) is 0.686. The van der Waals surface area contributed by atoms with Crippen molar-refractivity contribution in [1.82, 2.24) is 4.90 Å². The number of likely N-dealkylation sites (tertiary alicyclic amines) is 1. The van der Waals surface area contributed by atoms with Gasteiger partial charge in [-0.2, -0.15) is 11.8 Å². The Labute approximate surface area is 132 Å². The van der Waals surface area contributed by atoms with Crippen LogP contribution in [0.3, 0.4) is 0 Å². The van der Waals surface area contributed by atoms with Gasteiger partial charge in [0, 0.05) is 24.9 Å². The predicted molar refractivity (Wildman–Crippen MR) is 86.8 cm³/mol. The van der Waals surface area contributed by atoms with Gasteiger partial charge in [-0.15, -0.1) is 0 Å². The molecule has 0 saturated carbocycles. The fourth-order valence-electron chi connectivity index (χ4n) is 2.74. The molecule has 0 spiro atoms. The third kappa shape index (κ3) is 6.07. The number of hydrogen-bond acceptors (Lipinski definition) is 4. The molecule has 0 bridgehead atoms. The van der Waals surface area contributed by atoms with Gasteiger partial charge in [-0.3, -0.25) is 0 Å². The molecule has 21 heavy (non-hydrogen) atoms. The van der Waals surface area contributed by atoms with Crippen LogP contribution in [0.25, 0.3) is 0 Å². The second-order valence-electron chi connectivity index (χ2n) is 7.08. The smallest absolute Gasteiger partial charge is 0.410 e. The number of carbonyl (C=O) groups is 1. The molecule has 2 rings (SSSR count). The molecule has 2 aliphatic rings. The zero-order valence-corrected chi connectivity index (χ0v) is 14.4. The maximum Gasteiger partial charge on any atom is 0.410 e. The van der Waals surface area contributed by atoms with Crippen LogP contribution in [0.4, 0.5) is 4.79 Å². The molecule has 0 aromatic rings. The van der Waals surface area contributed by atoms with Crippen LogP contribution < -0.4 is 0 Å². The number of carbonyl (C=O) groups excluding carboxylic acids is 1. The van der Waals surface area contributed by atoms with Gasteiger partial charge in [0.1, 0.15) is 5.60 Å². The molecule has 4 nitrogen and oxygen atoms in total. The fraction of sp³-hybridized carbons (Fsp3) is 0.938. The van der Waals surface area contributed by atoms with Crippen molar-refractivity contribution in [3.63, 3.8) is 0 Å². The topological polar surface area (TPSA) is 38.8 Å². The summed E-state index contributed by atoms with van der Waals surface area (Å²) in [5.41, 5.74) is -0.399. The minimum atomic E-state index is -0.399. The van der Waals surface area contributed by atoms with Gasteiger partial charge in [0.2, 0.25) is 0 Å². The summed E-state index contributed by atoms with van der Waals surface area (Å²) in [6, 6.07) is 0. The van der Waals surface area contributed by atoms with Crippen molar-refractivity contribution in [2.45, 2.75) is 57.3 Å². The zero-order valence-electron chi connectivity index (χ0n) is 13.6. The molecule has 122 valence electrons. The number of rotatable bonds is 3. The molecule has 0 aromatic carbocycles. The van der Waals surface area contributed by atoms with Crippen LogP contribution in [0, 0.1) is 5.92 Å². The van der Waals surface area contributed by atoms with Crippen molar-refractivity contribution in [1.29, 1.82) is 0 Å². The molecule has 5 heteroatoms. The van der Waals surface area contributed by atoms with Crippen molar-refractivity contribution < 1.29 is 14.3 Å². The largest absolute Gasteiger partial charge is 0.444 e. The molecule has 2 heterocycles. The monoisotopic (exact) mass is 315 g/mol. The number of piperidine rings is 1. The minimum Gasteiger partial charge on any atom is -0.444 e. The Morgan fingerprint density at radius 2 is 2.00 bits per heavy atom. The van der Waals surface area contributed by atoms with E-state index in [0.29, 0.717) is 5.25 Å². The van der Waals surface area contributed by atoms with Crippen LogP contribution in [-0.2, 0) is 9.47 Å². The minimum absolute atomic E-state index is 0.161. The van der Waals surface area contributed by atoms with E-state index in [1.54, 1.807) is 0 Å². The van der Waals surface area contributed by atoms with Gasteiger partial charge < -0.3 is 14.4 Å². The quantitative estimate of drug-likeness (QED) is 0.798. The molecule has 0 N–H and O–H groups in total. The Balaban J connectivity index is 1.64. The van der Waals surface area contributed by atoms with Gasteiger partial charge in [-0.05, 0) is 58.1 Å². The molecule has 0 aliphatic carbocycles. The highest BCUT2D eigenvalue weighted by Crippen LogP contribution is 2.28. The number of hydrogen-bond donors (Lipinski definition) is 0. The van der Waals surface area contributed by atoms with Crippen molar-refractivity contribution in [2.75, 3.05) is 32.1 Å². The third-order valence-electron chi connectivity index (χ3n) is 3.92. The van der Waals surface area contributed by atoms with E-state index in [4.69, 9.17) is 9.47 Å². The number of ether oxygens (including phenoxy) is 2. The van der Waals surface area contributed by atoms with Crippen LogP contribution in [0.5, 0.6) is 0 Å². The maximum atomic E-state index is 12.0. The molecular formula is C16H29NO3S. The van der Waals surface area contributed by atoms with Crippen LogP contribution in [0.15, 0.2) is 0 Å². The van der Waals surface area contributed by atoms with Gasteiger partial charge in [-0.25, -0.2) is 4.79 Å². The highest BCUT2D eigenvalue weighted by molar-refractivity contribution is 7.99. The molecule has 2 fully saturated rings. The maximum absolute atomic E-state index is 12.0. The average Bonchev–Trinajstić information content (AvgIpc) is 2.45. The van der Waals surface area contributed by atoms with E-state index in [-0.39, 0.29) is 6.09 Å². The molecular weight excluding hydrogens is 286 g/mol. The third-order valence-corrected chi connectivity index (χ3v) is 5.52. The van der Waals surface area contributed by atoms with Gasteiger partial charge in [0.15, 0.2) is 0 Å². The summed E-state index contributed by atoms with van der Waals surface area (Å²) in [6.07, 6.45) is 4.52. The molecule has 1 unspecified atom stereocenters. The number of thioether (sulfide) groups is 1. The standard InChI is InChI=1S/C16H29NO3S/c1-16(2,3)20-15(18)17-8-6-14(7-9-17)21-12-13-5-4-10-19-11-13/h13-14H,4-12H2,1-3H3. The molecule has 2 saturated heterocycles. The SMILES string of the molecule is CC(C)(C)OC(=O)N1CCC(SCC2CCCOC2)CC1. The van der Waals surface area contributed by atoms with E-state index >= 15 is 0 Å². The lowest BCUT2D eigenvalue weighted by Crippen LogP contribution is -2.42. The molecule has 1 amide bonds. The Bertz CT molecular complexity index is 329. The second-order valence-corrected chi connectivity index (χ2v) is 8.42. The van der Waals surface area contributed by atoms with E-state index in [1.807, 2.05) is 25.7 Å². The molecule has 2 aliphatic heterocycles. The highest BCUT2D eigenvalue weighted by Gasteiger charge is 2.27. The predicted octanol–water partition coefficient (Wildman–Crippen LogP) is 3.55. The van der Waals surface area contributed by atoms with E-state index in [0.717, 1.165) is 45.1 Å². The first-order valence-corrected chi connectivity index (χ1v) is 9.16. The van der Waals surface area contributed by atoms with Crippen molar-refractivity contribution in [3.8, 4) is 0 Å². The first kappa shape index (κ1) is 16.9. The molecule has 1 atom stereocenters. The highest BCUT2D eigenvalue weighted by atomic mass is 32.2. The molecule has 0 aromatic heterocycles. The van der Waals surface area contributed by atoms with Crippen molar-refractivity contribution in [3.05, 3.63) is 0 Å². The van der Waals surface area contributed by atoms with E-state index in [9.17, 15) is 4.79 Å². The lowest BCUT2D eigenvalue weighted by Gasteiger charge is -2.33. The lowest BCUT2D eigenvalue weighted by molar-refractivity contribution is 0.0219. The zero-order chi connectivity index (χ0) is 15.3. The first-order valence-electron chi connectivity index (χ1n) is 8.11. The van der Waals surface area contributed by atoms with Crippen LogP contribution in [-0.4, -0.2) is 53.9 Å². The Kier molecular flexibility index (Phi) is 6.23. The van der Waals surface area contributed by atoms with Crippen molar-refractivity contribution in [2.24, 2.45) is 5.92 Å². The van der Waals surface area contributed by atoms with Gasteiger partial charge >= 0.3 is 6.09 Å². The normalized spacial score (nSPS) is 24.9. The van der Waals surface area contributed by atoms with Gasteiger partial charge in [0.25, 0.3) is 0 Å². The van der Waals surface area contributed by atoms with Gasteiger partial charge in [-0.1, -0.05) is 0 Å². The first-order chi connectivity index (χ1) is 9.94. The van der Waals surface area contributed by atoms with E-state index in [2.05, 4.69) is 11.8 Å². The summed E-state index contributed by atoms with van der Waals surface area (Å²) in [4.78, 5) is 13.9. The van der Waals surface area contributed by atoms with Crippen LogP contribution in [0.2, 0.25) is 0 Å². The summed E-state index contributed by atoms with van der Waals surface area (Å²) >= 11 is 2.07. The van der Waals surface area contributed by atoms with E-state index < -0.39 is 5.60 Å². The Morgan fingerprint density at radius 1 is 1.29 bits per heavy atom. The average molecular weight is 315 g/mol. The van der Waals surface area contributed by atoms with Crippen molar-refractivity contribution >= 4 is 17.9 Å². The summed E-state index contributed by atoms with van der Waals surface area (Å²) in [7, 11) is 0. The van der Waals surface area contributed by atoms with Crippen LogP contribution in [0.1, 0.15) is 46.5 Å². The van der Waals surface area contributed by atoms with Crippen LogP contribution >= 0.6 is 11.8 Å². The molecule has 0 radical (unpaired) electrons. The number of amides is 1. The number of nitrogens with zero attached hydrogens (tertiary/aromatic N) is 1. The summed E-state index contributed by atoms with van der Waals surface area (Å²) in [5.74, 6) is 1.93. The van der Waals surface area contributed by atoms with E-state index in [1.165, 1.54) is 18.6 Å². The Hall–Kier alpha value is -0.420. The van der Waals surface area contributed by atoms with Gasteiger partial charge in [0.05, 0.1) is 6.61 Å². The second kappa shape index (κ2) is 7.73. The lowest BCUT2D eigenvalue weighted by atomic mass is 10.1. The Morgan fingerprint density at radius 3 is 2.57 bits per heavy atom. The summed E-state index contributed by atoms with van der Waals surface area (Å²) < 4.78 is 11.0. The summed E-state index contributed by atoms with van der Waals surface area (Å²) in [6.45, 7) is 9.28.